The topological polar surface area (TPSA) is 81.3 Å². The van der Waals surface area contributed by atoms with Crippen LogP contribution in [-0.2, 0) is 13.0 Å². The predicted molar refractivity (Wildman–Crippen MR) is 108 cm³/mol. The molecule has 3 rings (SSSR count). The Kier molecular flexibility index (Phi) is 6.37. The molecule has 0 bridgehead atoms. The van der Waals surface area contributed by atoms with Gasteiger partial charge in [0.2, 0.25) is 0 Å². The van der Waals surface area contributed by atoms with E-state index in [0.29, 0.717) is 19.6 Å². The Morgan fingerprint density at radius 2 is 1.89 bits per heavy atom. The first-order valence-corrected chi connectivity index (χ1v) is 9.31. The molecule has 7 heteroatoms. The van der Waals surface area contributed by atoms with E-state index in [1.807, 2.05) is 54.9 Å². The van der Waals surface area contributed by atoms with Crippen LogP contribution in [0.2, 0.25) is 0 Å². The first-order chi connectivity index (χ1) is 13.6. The van der Waals surface area contributed by atoms with Gasteiger partial charge in [-0.1, -0.05) is 12.1 Å². The summed E-state index contributed by atoms with van der Waals surface area (Å²) in [5.74, 6) is 1.64. The molecule has 28 heavy (non-hydrogen) atoms. The molecule has 0 saturated heterocycles. The summed E-state index contributed by atoms with van der Waals surface area (Å²) in [5, 5.41) is 10.3. The third-order valence-electron chi connectivity index (χ3n) is 4.62. The number of aromatic nitrogens is 2. The minimum atomic E-state index is -0.179. The fourth-order valence-corrected chi connectivity index (χ4v) is 3.14. The Balaban J connectivity index is 1.42. The van der Waals surface area contributed by atoms with Crippen molar-refractivity contribution in [2.45, 2.75) is 26.8 Å². The molecule has 7 nitrogen and oxygen atoms in total. The predicted octanol–water partition coefficient (Wildman–Crippen LogP) is 3.31. The maximum atomic E-state index is 12.0. The minimum absolute atomic E-state index is 0.179. The zero-order chi connectivity index (χ0) is 19.9. The van der Waals surface area contributed by atoms with Crippen LogP contribution >= 0.6 is 0 Å². The fraction of sp³-hybridized carbons (Fsp3) is 0.333. The van der Waals surface area contributed by atoms with Crippen LogP contribution in [0, 0.1) is 13.8 Å². The number of carbonyl (C=O) groups is 1. The Morgan fingerprint density at radius 1 is 1.14 bits per heavy atom. The van der Waals surface area contributed by atoms with Gasteiger partial charge >= 0.3 is 6.03 Å². The summed E-state index contributed by atoms with van der Waals surface area (Å²) in [6.45, 7) is 5.63. The molecule has 2 heterocycles. The largest absolute Gasteiger partial charge is 0.497 e. The van der Waals surface area contributed by atoms with Gasteiger partial charge in [0, 0.05) is 18.8 Å². The van der Waals surface area contributed by atoms with Crippen LogP contribution in [0.25, 0.3) is 11.3 Å². The molecule has 0 atom stereocenters. The van der Waals surface area contributed by atoms with Crippen LogP contribution in [0.3, 0.4) is 0 Å². The van der Waals surface area contributed by atoms with Crippen LogP contribution in [0.5, 0.6) is 5.75 Å². The summed E-state index contributed by atoms with van der Waals surface area (Å²) in [6.07, 6.45) is 2.42. The van der Waals surface area contributed by atoms with Gasteiger partial charge in [-0.15, -0.1) is 0 Å². The van der Waals surface area contributed by atoms with Crippen molar-refractivity contribution in [1.29, 1.82) is 0 Å². The summed E-state index contributed by atoms with van der Waals surface area (Å²) in [6, 6.07) is 11.4. The van der Waals surface area contributed by atoms with Crippen LogP contribution < -0.4 is 15.4 Å². The molecule has 2 amide bonds. The van der Waals surface area contributed by atoms with E-state index in [4.69, 9.17) is 9.15 Å². The third kappa shape index (κ3) is 4.73. The van der Waals surface area contributed by atoms with Gasteiger partial charge in [-0.2, -0.15) is 5.10 Å². The first kappa shape index (κ1) is 19.5. The first-order valence-electron chi connectivity index (χ1n) is 9.31. The summed E-state index contributed by atoms with van der Waals surface area (Å²) < 4.78 is 12.5. The van der Waals surface area contributed by atoms with Gasteiger partial charge in [-0.3, -0.25) is 4.68 Å². The molecule has 0 saturated carbocycles. The average Bonchev–Trinajstić information content (AvgIpc) is 3.30. The Labute approximate surface area is 164 Å². The molecule has 0 unspecified atom stereocenters. The zero-order valence-corrected chi connectivity index (χ0v) is 16.5. The van der Waals surface area contributed by atoms with Crippen molar-refractivity contribution in [3.05, 3.63) is 59.6 Å². The number of benzene rings is 1. The highest BCUT2D eigenvalue weighted by atomic mass is 16.5. The van der Waals surface area contributed by atoms with E-state index < -0.39 is 0 Å². The number of ether oxygens (including phenoxy) is 1. The van der Waals surface area contributed by atoms with Gasteiger partial charge in [0.1, 0.15) is 11.5 Å². The van der Waals surface area contributed by atoms with Gasteiger partial charge in [0.15, 0.2) is 0 Å². The second kappa shape index (κ2) is 9.12. The molecular formula is C21H26N4O3. The number of methoxy groups -OCH3 is 1. The number of nitrogens with one attached hydrogen (secondary N) is 2. The maximum absolute atomic E-state index is 12.0. The Hall–Kier alpha value is -3.22. The van der Waals surface area contributed by atoms with Crippen molar-refractivity contribution in [3.63, 3.8) is 0 Å². The van der Waals surface area contributed by atoms with Crippen molar-refractivity contribution < 1.29 is 13.9 Å². The molecule has 3 aromatic rings. The number of nitrogens with zero attached hydrogens (tertiary/aromatic N) is 2. The van der Waals surface area contributed by atoms with Gasteiger partial charge in [0.25, 0.3) is 0 Å². The highest BCUT2D eigenvalue weighted by Gasteiger charge is 2.15. The van der Waals surface area contributed by atoms with Gasteiger partial charge < -0.3 is 19.8 Å². The molecule has 2 aromatic heterocycles. The van der Waals surface area contributed by atoms with Crippen LogP contribution in [0.15, 0.2) is 47.1 Å². The highest BCUT2D eigenvalue weighted by Crippen LogP contribution is 2.26. The monoisotopic (exact) mass is 382 g/mol. The average molecular weight is 382 g/mol. The minimum Gasteiger partial charge on any atom is -0.497 e. The molecule has 0 aliphatic carbocycles. The van der Waals surface area contributed by atoms with Crippen LogP contribution in [0.1, 0.15) is 17.0 Å². The molecule has 2 N–H and O–H groups in total. The Bertz CT molecular complexity index is 899. The number of rotatable bonds is 8. The number of furan rings is 1. The highest BCUT2D eigenvalue weighted by molar-refractivity contribution is 5.73. The molecular weight excluding hydrogens is 356 g/mol. The quantitative estimate of drug-likeness (QED) is 0.626. The maximum Gasteiger partial charge on any atom is 0.314 e. The lowest BCUT2D eigenvalue weighted by Gasteiger charge is -2.09. The van der Waals surface area contributed by atoms with Gasteiger partial charge in [0.05, 0.1) is 31.2 Å². The molecule has 0 radical (unpaired) electrons. The van der Waals surface area contributed by atoms with E-state index >= 15 is 0 Å². The Morgan fingerprint density at radius 3 is 2.57 bits per heavy atom. The zero-order valence-electron chi connectivity index (χ0n) is 16.5. The number of amides is 2. The van der Waals surface area contributed by atoms with E-state index in [0.717, 1.165) is 40.4 Å². The number of carbonyl (C=O) groups excluding carboxylic acids is 1. The normalized spacial score (nSPS) is 10.7. The second-order valence-electron chi connectivity index (χ2n) is 6.53. The number of urea groups is 1. The number of hydrogen-bond acceptors (Lipinski definition) is 4. The van der Waals surface area contributed by atoms with E-state index in [-0.39, 0.29) is 6.03 Å². The van der Waals surface area contributed by atoms with E-state index in [1.165, 1.54) is 0 Å². The molecule has 0 spiro atoms. The molecule has 0 aliphatic heterocycles. The van der Waals surface area contributed by atoms with Crippen LogP contribution in [-0.4, -0.2) is 36.0 Å². The van der Waals surface area contributed by atoms with Gasteiger partial charge in [-0.25, -0.2) is 4.79 Å². The van der Waals surface area contributed by atoms with E-state index in [2.05, 4.69) is 15.7 Å². The summed E-state index contributed by atoms with van der Waals surface area (Å²) in [7, 11) is 1.64. The summed E-state index contributed by atoms with van der Waals surface area (Å²) in [5.41, 5.74) is 4.09. The number of hydrogen-bond donors (Lipinski definition) is 2. The molecule has 0 fully saturated rings. The summed E-state index contributed by atoms with van der Waals surface area (Å²) in [4.78, 5) is 12.0. The SMILES string of the molecule is COc1ccc(CCNC(=O)NCCn2nc(C)c(-c3ccco3)c2C)cc1. The lowest BCUT2D eigenvalue weighted by molar-refractivity contribution is 0.240. The smallest absolute Gasteiger partial charge is 0.314 e. The second-order valence-corrected chi connectivity index (χ2v) is 6.53. The van der Waals surface area contributed by atoms with Crippen molar-refractivity contribution in [1.82, 2.24) is 20.4 Å². The standard InChI is InChI=1S/C21H26N4O3/c1-15-20(19-5-4-14-28-19)16(2)25(24-15)13-12-23-21(26)22-11-10-17-6-8-18(27-3)9-7-17/h4-9,14H,10-13H2,1-3H3,(H2,22,23,26). The van der Waals surface area contributed by atoms with Crippen molar-refractivity contribution in [2.24, 2.45) is 0 Å². The van der Waals surface area contributed by atoms with Crippen molar-refractivity contribution >= 4 is 6.03 Å². The van der Waals surface area contributed by atoms with Crippen LogP contribution in [0.4, 0.5) is 4.79 Å². The molecule has 148 valence electrons. The molecule has 0 aliphatic rings. The number of aryl methyl sites for hydroxylation is 1. The van der Waals surface area contributed by atoms with E-state index in [9.17, 15) is 4.79 Å². The fourth-order valence-electron chi connectivity index (χ4n) is 3.14. The molecule has 1 aromatic carbocycles. The van der Waals surface area contributed by atoms with Gasteiger partial charge in [-0.05, 0) is 50.1 Å². The van der Waals surface area contributed by atoms with Crippen molar-refractivity contribution in [2.75, 3.05) is 20.2 Å². The summed E-state index contributed by atoms with van der Waals surface area (Å²) >= 11 is 0. The third-order valence-corrected chi connectivity index (χ3v) is 4.62. The van der Waals surface area contributed by atoms with E-state index in [1.54, 1.807) is 13.4 Å². The van der Waals surface area contributed by atoms with Crippen molar-refractivity contribution in [3.8, 4) is 17.1 Å². The lowest BCUT2D eigenvalue weighted by atomic mass is 10.1. The lowest BCUT2D eigenvalue weighted by Crippen LogP contribution is -2.38.